The van der Waals surface area contributed by atoms with Crippen LogP contribution in [0.5, 0.6) is 5.75 Å². The Balaban J connectivity index is 2.14. The number of carbonyl (C=O) groups is 3. The molecule has 7 N–H and O–H groups in total. The van der Waals surface area contributed by atoms with Crippen molar-refractivity contribution in [1.82, 2.24) is 20.6 Å². The number of nitrogens with zero attached hydrogens (tertiary/aromatic N) is 1. The van der Waals surface area contributed by atoms with E-state index in [9.17, 15) is 32.5 Å². The number of H-pyrrole nitrogens is 1. The van der Waals surface area contributed by atoms with E-state index in [2.05, 4.69) is 20.6 Å². The Morgan fingerprint density at radius 3 is 2.31 bits per heavy atom. The van der Waals surface area contributed by atoms with E-state index in [1.807, 2.05) is 13.8 Å². The SMILES string of the molecule is CC(C)CC[C@@H](CCS(=O)(=O)O)NC(=O)C(Cc1c[nH]cn1)NC(=O)C(N)Cc1ccc(C(=O)OC(C)(C)C)c(O)c1. The highest BCUT2D eigenvalue weighted by atomic mass is 32.2. The minimum atomic E-state index is -4.23. The molecule has 0 saturated carbocycles. The van der Waals surface area contributed by atoms with Crippen molar-refractivity contribution >= 4 is 27.9 Å². The number of amides is 2. The number of hydrogen-bond acceptors (Lipinski definition) is 9. The summed E-state index contributed by atoms with van der Waals surface area (Å²) in [5, 5.41) is 15.8. The van der Waals surface area contributed by atoms with Crippen molar-refractivity contribution in [3.05, 3.63) is 47.5 Å². The van der Waals surface area contributed by atoms with Gasteiger partial charge in [-0.1, -0.05) is 19.9 Å². The molecule has 0 radical (unpaired) electrons. The van der Waals surface area contributed by atoms with Gasteiger partial charge in [-0.05, 0) is 70.1 Å². The highest BCUT2D eigenvalue weighted by molar-refractivity contribution is 7.85. The van der Waals surface area contributed by atoms with Crippen LogP contribution in [0.3, 0.4) is 0 Å². The van der Waals surface area contributed by atoms with Crippen molar-refractivity contribution < 1.29 is 37.2 Å². The van der Waals surface area contributed by atoms with Crippen LogP contribution in [-0.2, 0) is 37.3 Å². The fourth-order valence-corrected chi connectivity index (χ4v) is 4.65. The van der Waals surface area contributed by atoms with Gasteiger partial charge >= 0.3 is 5.97 Å². The number of ether oxygens (including phenoxy) is 1. The highest BCUT2D eigenvalue weighted by Crippen LogP contribution is 2.23. The van der Waals surface area contributed by atoms with Crippen molar-refractivity contribution in [3.8, 4) is 5.75 Å². The first-order valence-corrected chi connectivity index (χ1v) is 15.4. The Kier molecular flexibility index (Phi) is 12.5. The van der Waals surface area contributed by atoms with Crippen LogP contribution in [0.1, 0.15) is 75.5 Å². The summed E-state index contributed by atoms with van der Waals surface area (Å²) in [6.07, 6.45) is 4.23. The van der Waals surface area contributed by atoms with E-state index in [1.54, 1.807) is 33.0 Å². The number of hydrogen-bond donors (Lipinski definition) is 6. The number of aromatic nitrogens is 2. The van der Waals surface area contributed by atoms with Gasteiger partial charge < -0.3 is 31.2 Å². The number of rotatable bonds is 15. The monoisotopic (exact) mass is 609 g/mol. The lowest BCUT2D eigenvalue weighted by Gasteiger charge is -2.24. The Hall–Kier alpha value is -3.49. The average Bonchev–Trinajstić information content (AvgIpc) is 3.36. The van der Waals surface area contributed by atoms with Crippen LogP contribution in [0.4, 0.5) is 0 Å². The van der Waals surface area contributed by atoms with Crippen LogP contribution in [0.15, 0.2) is 30.7 Å². The molecule has 2 amide bonds. The molecule has 0 bridgehead atoms. The summed E-state index contributed by atoms with van der Waals surface area (Å²) in [6, 6.07) is 1.52. The van der Waals surface area contributed by atoms with Gasteiger partial charge in [0.1, 0.15) is 23.0 Å². The molecule has 1 aromatic heterocycles. The number of nitrogens with two attached hydrogens (primary N) is 1. The third-order valence-corrected chi connectivity index (χ3v) is 6.99. The first-order chi connectivity index (χ1) is 19.4. The third kappa shape index (κ3) is 12.6. The van der Waals surface area contributed by atoms with E-state index >= 15 is 0 Å². The molecule has 14 heteroatoms. The fraction of sp³-hybridized carbons (Fsp3) is 0.571. The summed E-state index contributed by atoms with van der Waals surface area (Å²) < 4.78 is 37.1. The number of phenolic OH excluding ortho intramolecular Hbond substituents is 1. The minimum absolute atomic E-state index is 0.00264. The molecular weight excluding hydrogens is 566 g/mol. The number of carbonyl (C=O) groups excluding carboxylic acids is 3. The lowest BCUT2D eigenvalue weighted by molar-refractivity contribution is -0.130. The third-order valence-electron chi connectivity index (χ3n) is 6.24. The molecule has 13 nitrogen and oxygen atoms in total. The molecule has 0 spiro atoms. The molecule has 42 heavy (non-hydrogen) atoms. The molecule has 2 unspecified atom stereocenters. The number of benzene rings is 1. The van der Waals surface area contributed by atoms with Gasteiger partial charge in [-0.3, -0.25) is 14.1 Å². The quantitative estimate of drug-likeness (QED) is 0.127. The van der Waals surface area contributed by atoms with Crippen LogP contribution < -0.4 is 16.4 Å². The van der Waals surface area contributed by atoms with Gasteiger partial charge in [0.25, 0.3) is 10.1 Å². The molecule has 2 aromatic rings. The predicted octanol–water partition coefficient (Wildman–Crippen LogP) is 1.87. The predicted molar refractivity (Wildman–Crippen MR) is 156 cm³/mol. The van der Waals surface area contributed by atoms with Crippen LogP contribution in [0, 0.1) is 5.92 Å². The molecule has 0 saturated heterocycles. The van der Waals surface area contributed by atoms with Crippen molar-refractivity contribution in [2.45, 2.75) is 90.4 Å². The fourth-order valence-electron chi connectivity index (χ4n) is 4.07. The number of imidazole rings is 1. The molecule has 234 valence electrons. The zero-order valence-electron chi connectivity index (χ0n) is 24.7. The van der Waals surface area contributed by atoms with Crippen LogP contribution >= 0.6 is 0 Å². The maximum absolute atomic E-state index is 13.3. The zero-order valence-corrected chi connectivity index (χ0v) is 25.5. The van der Waals surface area contributed by atoms with E-state index in [1.165, 1.54) is 18.5 Å². The summed E-state index contributed by atoms with van der Waals surface area (Å²) in [5.41, 5.74) is 6.36. The minimum Gasteiger partial charge on any atom is -0.507 e. The number of aromatic amines is 1. The second-order valence-electron chi connectivity index (χ2n) is 11.7. The summed E-state index contributed by atoms with van der Waals surface area (Å²) in [4.78, 5) is 45.6. The maximum atomic E-state index is 13.3. The van der Waals surface area contributed by atoms with Gasteiger partial charge in [0.15, 0.2) is 0 Å². The molecular formula is C28H43N5O8S. The lowest BCUT2D eigenvalue weighted by Crippen LogP contribution is -2.54. The summed E-state index contributed by atoms with van der Waals surface area (Å²) in [7, 11) is -4.23. The van der Waals surface area contributed by atoms with E-state index in [4.69, 9.17) is 10.5 Å². The Morgan fingerprint density at radius 2 is 1.76 bits per heavy atom. The normalized spacial score (nSPS) is 14.2. The van der Waals surface area contributed by atoms with E-state index in [-0.39, 0.29) is 30.6 Å². The van der Waals surface area contributed by atoms with Crippen molar-refractivity contribution in [3.63, 3.8) is 0 Å². The van der Waals surface area contributed by atoms with Gasteiger partial charge in [-0.15, -0.1) is 0 Å². The van der Waals surface area contributed by atoms with E-state index in [0.29, 0.717) is 30.0 Å². The first kappa shape index (κ1) is 34.7. The van der Waals surface area contributed by atoms with Crippen LogP contribution in [0.2, 0.25) is 0 Å². The highest BCUT2D eigenvalue weighted by Gasteiger charge is 2.28. The summed E-state index contributed by atoms with van der Waals surface area (Å²) in [6.45, 7) is 9.11. The smallest absolute Gasteiger partial charge is 0.342 e. The standard InChI is InChI=1S/C28H43N5O8S/c1-17(2)6-8-19(10-11-42(38,39)40)32-26(36)23(14-20-15-30-16-31-20)33-25(35)22(29)12-18-7-9-21(24(34)13-18)27(37)41-28(3,4)5/h7,9,13,15-17,19,22-23,34H,6,8,10-12,14,29H2,1-5H3,(H,30,31)(H,32,36)(H,33,35)(H,38,39,40)/t19-,22?,23?/m0/s1. The molecule has 1 heterocycles. The van der Waals surface area contributed by atoms with Crippen molar-refractivity contribution in [2.75, 3.05) is 5.75 Å². The van der Waals surface area contributed by atoms with Crippen molar-refractivity contribution in [1.29, 1.82) is 0 Å². The topological polar surface area (TPSA) is 214 Å². The van der Waals surface area contributed by atoms with E-state index in [0.717, 1.165) is 0 Å². The van der Waals surface area contributed by atoms with E-state index < -0.39 is 57.4 Å². The first-order valence-electron chi connectivity index (χ1n) is 13.8. The molecule has 3 atom stereocenters. The van der Waals surface area contributed by atoms with Gasteiger partial charge in [0.05, 0.1) is 23.8 Å². The summed E-state index contributed by atoms with van der Waals surface area (Å²) >= 11 is 0. The molecule has 1 aromatic carbocycles. The number of nitrogens with one attached hydrogen (secondary N) is 3. The van der Waals surface area contributed by atoms with Crippen molar-refractivity contribution in [2.24, 2.45) is 11.7 Å². The average molecular weight is 610 g/mol. The number of esters is 1. The van der Waals surface area contributed by atoms with Gasteiger partial charge in [-0.25, -0.2) is 9.78 Å². The van der Waals surface area contributed by atoms with Crippen LogP contribution in [0.25, 0.3) is 0 Å². The van der Waals surface area contributed by atoms with Gasteiger partial charge in [0, 0.05) is 18.7 Å². The number of aromatic hydroxyl groups is 1. The zero-order chi connectivity index (χ0) is 31.7. The molecule has 2 rings (SSSR count). The molecule has 0 aliphatic heterocycles. The maximum Gasteiger partial charge on any atom is 0.342 e. The van der Waals surface area contributed by atoms with Gasteiger partial charge in [-0.2, -0.15) is 8.42 Å². The Morgan fingerprint density at radius 1 is 1.07 bits per heavy atom. The van der Waals surface area contributed by atoms with Gasteiger partial charge in [0.2, 0.25) is 11.8 Å². The lowest BCUT2D eigenvalue weighted by atomic mass is 10.0. The second-order valence-corrected chi connectivity index (χ2v) is 13.3. The molecule has 0 aliphatic rings. The van der Waals surface area contributed by atoms with Crippen LogP contribution in [-0.4, -0.2) is 75.3 Å². The second kappa shape index (κ2) is 15.1. The number of phenols is 1. The largest absolute Gasteiger partial charge is 0.507 e. The molecule has 0 fully saturated rings. The summed E-state index contributed by atoms with van der Waals surface area (Å²) in [5.74, 6) is -2.42. The Labute approximate surface area is 246 Å². The Bertz CT molecular complexity index is 1310. The molecule has 0 aliphatic carbocycles.